The predicted octanol–water partition coefficient (Wildman–Crippen LogP) is 1.41. The first-order valence-electron chi connectivity index (χ1n) is 4.65. The molecule has 0 amide bonds. The lowest BCUT2D eigenvalue weighted by Gasteiger charge is -2.05. The minimum Gasteiger partial charge on any atom is -0.465 e. The van der Waals surface area contributed by atoms with Crippen LogP contribution in [0.2, 0.25) is 0 Å². The van der Waals surface area contributed by atoms with Crippen molar-refractivity contribution in [3.05, 3.63) is 0 Å². The fourth-order valence-corrected chi connectivity index (χ4v) is 1.44. The highest BCUT2D eigenvalue weighted by molar-refractivity contribution is 7.99. The maximum absolute atomic E-state index is 11.0. The van der Waals surface area contributed by atoms with Crippen LogP contribution in [0.5, 0.6) is 0 Å². The zero-order valence-electron chi connectivity index (χ0n) is 8.41. The van der Waals surface area contributed by atoms with E-state index in [0.29, 0.717) is 12.4 Å². The second-order valence-corrected chi connectivity index (χ2v) is 4.10. The Morgan fingerprint density at radius 1 is 1.62 bits per heavy atom. The van der Waals surface area contributed by atoms with Crippen molar-refractivity contribution in [2.24, 2.45) is 5.73 Å². The molecule has 4 heteroatoms. The number of carbonyl (C=O) groups is 1. The molecule has 0 heterocycles. The molecule has 2 N–H and O–H groups in total. The average Bonchev–Trinajstić information content (AvgIpc) is 2.04. The lowest BCUT2D eigenvalue weighted by atomic mass is 10.4. The molecule has 0 fully saturated rings. The van der Waals surface area contributed by atoms with Gasteiger partial charge in [-0.3, -0.25) is 4.79 Å². The summed E-state index contributed by atoms with van der Waals surface area (Å²) in [7, 11) is 0. The summed E-state index contributed by atoms with van der Waals surface area (Å²) >= 11 is 1.53. The van der Waals surface area contributed by atoms with E-state index in [1.54, 1.807) is 0 Å². The molecule has 0 spiro atoms. The molecule has 0 aliphatic rings. The number of nitrogens with two attached hydrogens (primary N) is 1. The normalized spacial score (nSPS) is 12.5. The number of hydrogen-bond acceptors (Lipinski definition) is 4. The summed E-state index contributed by atoms with van der Waals surface area (Å²) in [5.41, 5.74) is 5.53. The lowest BCUT2D eigenvalue weighted by molar-refractivity contribution is -0.140. The van der Waals surface area contributed by atoms with E-state index >= 15 is 0 Å². The molecular weight excluding hydrogens is 186 g/mol. The average molecular weight is 205 g/mol. The van der Waals surface area contributed by atoms with Crippen molar-refractivity contribution in [2.75, 3.05) is 18.1 Å². The van der Waals surface area contributed by atoms with Crippen LogP contribution in [0.1, 0.15) is 26.7 Å². The molecular formula is C9H19NO2S. The van der Waals surface area contributed by atoms with Crippen molar-refractivity contribution >= 4 is 17.7 Å². The highest BCUT2D eigenvalue weighted by Gasteiger charge is 2.03. The SMILES string of the molecule is CCCCOC(=O)CSCC(C)N. The van der Waals surface area contributed by atoms with Crippen molar-refractivity contribution in [1.82, 2.24) is 0 Å². The van der Waals surface area contributed by atoms with E-state index in [1.165, 1.54) is 11.8 Å². The van der Waals surface area contributed by atoms with Gasteiger partial charge in [0.1, 0.15) is 0 Å². The van der Waals surface area contributed by atoms with Gasteiger partial charge in [0.05, 0.1) is 12.4 Å². The quantitative estimate of drug-likeness (QED) is 0.504. The van der Waals surface area contributed by atoms with Gasteiger partial charge in [0.25, 0.3) is 0 Å². The van der Waals surface area contributed by atoms with Gasteiger partial charge in [-0.1, -0.05) is 13.3 Å². The largest absolute Gasteiger partial charge is 0.465 e. The van der Waals surface area contributed by atoms with Crippen molar-refractivity contribution in [3.63, 3.8) is 0 Å². The third kappa shape index (κ3) is 9.70. The first kappa shape index (κ1) is 12.8. The van der Waals surface area contributed by atoms with Crippen LogP contribution < -0.4 is 5.73 Å². The van der Waals surface area contributed by atoms with Crippen LogP contribution in [0.25, 0.3) is 0 Å². The number of esters is 1. The Bertz CT molecular complexity index is 140. The van der Waals surface area contributed by atoms with Crippen molar-refractivity contribution in [1.29, 1.82) is 0 Å². The highest BCUT2D eigenvalue weighted by Crippen LogP contribution is 2.02. The summed E-state index contributed by atoms with van der Waals surface area (Å²) in [6.45, 7) is 4.54. The first-order valence-corrected chi connectivity index (χ1v) is 5.81. The Kier molecular flexibility index (Phi) is 8.24. The van der Waals surface area contributed by atoms with Gasteiger partial charge in [0, 0.05) is 11.8 Å². The van der Waals surface area contributed by atoms with Crippen LogP contribution in [0.15, 0.2) is 0 Å². The monoisotopic (exact) mass is 205 g/mol. The second-order valence-electron chi connectivity index (χ2n) is 3.07. The number of rotatable bonds is 7. The van der Waals surface area contributed by atoms with E-state index < -0.39 is 0 Å². The molecule has 0 aromatic rings. The summed E-state index contributed by atoms with van der Waals surface area (Å²) in [6.07, 6.45) is 2.00. The molecule has 0 aliphatic heterocycles. The second kappa shape index (κ2) is 8.38. The maximum atomic E-state index is 11.0. The molecule has 0 radical (unpaired) electrons. The van der Waals surface area contributed by atoms with Gasteiger partial charge in [-0.15, -0.1) is 11.8 Å². The number of ether oxygens (including phenoxy) is 1. The number of unbranched alkanes of at least 4 members (excludes halogenated alkanes) is 1. The molecule has 1 unspecified atom stereocenters. The molecule has 0 aromatic carbocycles. The lowest BCUT2D eigenvalue weighted by Crippen LogP contribution is -2.19. The van der Waals surface area contributed by atoms with Gasteiger partial charge in [-0.25, -0.2) is 0 Å². The molecule has 0 saturated carbocycles. The zero-order valence-corrected chi connectivity index (χ0v) is 9.23. The van der Waals surface area contributed by atoms with Gasteiger partial charge < -0.3 is 10.5 Å². The topological polar surface area (TPSA) is 52.3 Å². The zero-order chi connectivity index (χ0) is 10.1. The molecule has 13 heavy (non-hydrogen) atoms. The molecule has 3 nitrogen and oxygen atoms in total. The van der Waals surface area contributed by atoms with Crippen LogP contribution in [0, 0.1) is 0 Å². The van der Waals surface area contributed by atoms with Crippen molar-refractivity contribution < 1.29 is 9.53 Å². The number of thioether (sulfide) groups is 1. The van der Waals surface area contributed by atoms with E-state index in [1.807, 2.05) is 6.92 Å². The molecule has 0 saturated heterocycles. The molecule has 0 aromatic heterocycles. The molecule has 0 aliphatic carbocycles. The first-order chi connectivity index (χ1) is 6.16. The minimum absolute atomic E-state index is 0.126. The van der Waals surface area contributed by atoms with Gasteiger partial charge >= 0.3 is 5.97 Å². The van der Waals surface area contributed by atoms with Crippen LogP contribution in [0.4, 0.5) is 0 Å². The Hall–Kier alpha value is -0.220. The van der Waals surface area contributed by atoms with Crippen LogP contribution in [-0.4, -0.2) is 30.1 Å². The molecule has 78 valence electrons. The Balaban J connectivity index is 3.20. The van der Waals surface area contributed by atoms with Crippen LogP contribution in [0.3, 0.4) is 0 Å². The Morgan fingerprint density at radius 3 is 2.85 bits per heavy atom. The third-order valence-corrected chi connectivity index (χ3v) is 2.56. The van der Waals surface area contributed by atoms with Gasteiger partial charge in [-0.05, 0) is 13.3 Å². The fraction of sp³-hybridized carbons (Fsp3) is 0.889. The smallest absolute Gasteiger partial charge is 0.315 e. The molecule has 0 rings (SSSR count). The van der Waals surface area contributed by atoms with E-state index in [0.717, 1.165) is 18.6 Å². The third-order valence-electron chi connectivity index (χ3n) is 1.36. The predicted molar refractivity (Wildman–Crippen MR) is 56.8 cm³/mol. The summed E-state index contributed by atoms with van der Waals surface area (Å²) in [5.74, 6) is 1.10. The summed E-state index contributed by atoms with van der Waals surface area (Å²) in [5, 5.41) is 0. The van der Waals surface area contributed by atoms with Crippen molar-refractivity contribution in [3.8, 4) is 0 Å². The summed E-state index contributed by atoms with van der Waals surface area (Å²) in [4.78, 5) is 11.0. The van der Waals surface area contributed by atoms with Gasteiger partial charge in [0.15, 0.2) is 0 Å². The Morgan fingerprint density at radius 2 is 2.31 bits per heavy atom. The van der Waals surface area contributed by atoms with E-state index in [4.69, 9.17) is 10.5 Å². The Labute approximate surface area is 84.4 Å². The fourth-order valence-electron chi connectivity index (χ4n) is 0.700. The summed E-state index contributed by atoms with van der Waals surface area (Å²) in [6, 6.07) is 0.147. The number of hydrogen-bond donors (Lipinski definition) is 1. The highest BCUT2D eigenvalue weighted by atomic mass is 32.2. The van der Waals surface area contributed by atoms with Crippen LogP contribution in [-0.2, 0) is 9.53 Å². The summed E-state index contributed by atoms with van der Waals surface area (Å²) < 4.78 is 4.96. The maximum Gasteiger partial charge on any atom is 0.315 e. The van der Waals surface area contributed by atoms with Gasteiger partial charge in [-0.2, -0.15) is 0 Å². The van der Waals surface area contributed by atoms with E-state index in [9.17, 15) is 4.79 Å². The minimum atomic E-state index is -0.126. The number of carbonyl (C=O) groups excluding carboxylic acids is 1. The molecule has 1 atom stereocenters. The van der Waals surface area contributed by atoms with E-state index in [-0.39, 0.29) is 12.0 Å². The van der Waals surface area contributed by atoms with Crippen LogP contribution >= 0.6 is 11.8 Å². The van der Waals surface area contributed by atoms with E-state index in [2.05, 4.69) is 6.92 Å². The molecule has 0 bridgehead atoms. The van der Waals surface area contributed by atoms with Crippen molar-refractivity contribution in [2.45, 2.75) is 32.7 Å². The van der Waals surface area contributed by atoms with Gasteiger partial charge in [0.2, 0.25) is 0 Å². The standard InChI is InChI=1S/C9H19NO2S/c1-3-4-5-12-9(11)7-13-6-8(2)10/h8H,3-7,10H2,1-2H3.